The molecule has 4 nitrogen and oxygen atoms in total. The van der Waals surface area contributed by atoms with Gasteiger partial charge < -0.3 is 9.64 Å². The number of carbonyl (C=O) groups excluding carboxylic acids is 2. The van der Waals surface area contributed by atoms with Crippen molar-refractivity contribution in [2.75, 3.05) is 24.7 Å². The van der Waals surface area contributed by atoms with E-state index in [4.69, 9.17) is 4.74 Å². The molecule has 6 heteroatoms. The third kappa shape index (κ3) is 2.69. The first-order valence-corrected chi connectivity index (χ1v) is 6.78. The lowest BCUT2D eigenvalue weighted by atomic mass is 10.1. The van der Waals surface area contributed by atoms with Crippen LogP contribution in [0.1, 0.15) is 23.7 Å². The summed E-state index contributed by atoms with van der Waals surface area (Å²) in [5.41, 5.74) is 0.571. The minimum absolute atomic E-state index is 0.119. The highest BCUT2D eigenvalue weighted by Gasteiger charge is 2.37. The molecule has 0 atom stereocenters. The van der Waals surface area contributed by atoms with E-state index in [0.717, 1.165) is 6.07 Å². The van der Waals surface area contributed by atoms with E-state index in [0.29, 0.717) is 36.3 Å². The molecule has 0 saturated heterocycles. The van der Waals surface area contributed by atoms with Crippen LogP contribution >= 0.6 is 15.9 Å². The molecule has 0 aromatic heterocycles. The SMILES string of the molecule is CCOCCCN1C(=O)C(=O)c2cc(F)cc(Br)c21. The van der Waals surface area contributed by atoms with E-state index in [1.807, 2.05) is 6.92 Å². The summed E-state index contributed by atoms with van der Waals surface area (Å²) in [5.74, 6) is -1.81. The number of ether oxygens (including phenoxy) is 1. The summed E-state index contributed by atoms with van der Waals surface area (Å²) in [7, 11) is 0. The molecule has 102 valence electrons. The van der Waals surface area contributed by atoms with E-state index >= 15 is 0 Å². The molecule has 0 spiro atoms. The number of halogens is 2. The second kappa shape index (κ2) is 5.79. The Morgan fingerprint density at radius 2 is 2.11 bits per heavy atom. The van der Waals surface area contributed by atoms with Crippen LogP contribution in [-0.2, 0) is 9.53 Å². The molecule has 0 N–H and O–H groups in total. The van der Waals surface area contributed by atoms with Crippen LogP contribution in [0.25, 0.3) is 0 Å². The maximum Gasteiger partial charge on any atom is 0.299 e. The fourth-order valence-corrected chi connectivity index (χ4v) is 2.68. The standard InChI is InChI=1S/C13H13BrFNO3/c1-2-19-5-3-4-16-11-9(12(17)13(16)18)6-8(15)7-10(11)14/h6-7H,2-5H2,1H3. The molecule has 1 heterocycles. The quantitative estimate of drug-likeness (QED) is 0.616. The maximum atomic E-state index is 13.3. The van der Waals surface area contributed by atoms with Crippen molar-refractivity contribution in [2.24, 2.45) is 0 Å². The molecule has 0 radical (unpaired) electrons. The van der Waals surface area contributed by atoms with Crippen molar-refractivity contribution in [1.82, 2.24) is 0 Å². The summed E-state index contributed by atoms with van der Waals surface area (Å²) >= 11 is 3.20. The molecule has 1 aromatic carbocycles. The van der Waals surface area contributed by atoms with Crippen LogP contribution in [0.3, 0.4) is 0 Å². The van der Waals surface area contributed by atoms with Crippen molar-refractivity contribution in [3.8, 4) is 0 Å². The van der Waals surface area contributed by atoms with E-state index in [9.17, 15) is 14.0 Å². The highest BCUT2D eigenvalue weighted by molar-refractivity contribution is 9.10. The van der Waals surface area contributed by atoms with Crippen molar-refractivity contribution >= 4 is 33.3 Å². The zero-order chi connectivity index (χ0) is 14.0. The van der Waals surface area contributed by atoms with Gasteiger partial charge in [0.25, 0.3) is 11.7 Å². The molecule has 0 fully saturated rings. The van der Waals surface area contributed by atoms with Gasteiger partial charge in [-0.05, 0) is 41.4 Å². The van der Waals surface area contributed by atoms with Gasteiger partial charge in [-0.15, -0.1) is 0 Å². The molecular weight excluding hydrogens is 317 g/mol. The van der Waals surface area contributed by atoms with Crippen molar-refractivity contribution in [3.63, 3.8) is 0 Å². The van der Waals surface area contributed by atoms with Gasteiger partial charge >= 0.3 is 0 Å². The molecule has 2 rings (SSSR count). The molecule has 0 unspecified atom stereocenters. The van der Waals surface area contributed by atoms with E-state index < -0.39 is 17.5 Å². The van der Waals surface area contributed by atoms with Crippen molar-refractivity contribution in [3.05, 3.63) is 28.0 Å². The lowest BCUT2D eigenvalue weighted by molar-refractivity contribution is -0.114. The maximum absolute atomic E-state index is 13.3. The van der Waals surface area contributed by atoms with Gasteiger partial charge in [-0.2, -0.15) is 0 Å². The highest BCUT2D eigenvalue weighted by Crippen LogP contribution is 2.36. The molecule has 1 amide bonds. The summed E-state index contributed by atoms with van der Waals surface area (Å²) in [5, 5.41) is 0. The molecule has 1 aliphatic rings. The van der Waals surface area contributed by atoms with Gasteiger partial charge in [0.05, 0.1) is 11.3 Å². The van der Waals surface area contributed by atoms with Crippen molar-refractivity contribution in [1.29, 1.82) is 0 Å². The number of hydrogen-bond acceptors (Lipinski definition) is 3. The van der Waals surface area contributed by atoms with Crippen LogP contribution in [0, 0.1) is 5.82 Å². The average Bonchev–Trinajstić information content (AvgIpc) is 2.60. The molecule has 1 aromatic rings. The smallest absolute Gasteiger partial charge is 0.299 e. The molecular formula is C13H13BrFNO3. The minimum atomic E-state index is -0.661. The summed E-state index contributed by atoms with van der Waals surface area (Å²) in [6.45, 7) is 3.39. The summed E-state index contributed by atoms with van der Waals surface area (Å²) in [6, 6.07) is 2.35. The van der Waals surface area contributed by atoms with E-state index in [-0.39, 0.29) is 5.56 Å². The largest absolute Gasteiger partial charge is 0.382 e. The summed E-state index contributed by atoms with van der Waals surface area (Å²) in [6.07, 6.45) is 0.621. The second-order valence-electron chi connectivity index (χ2n) is 4.12. The Kier molecular flexibility index (Phi) is 4.31. The van der Waals surface area contributed by atoms with Gasteiger partial charge in [0.1, 0.15) is 5.82 Å². The summed E-state index contributed by atoms with van der Waals surface area (Å²) in [4.78, 5) is 25.0. The fourth-order valence-electron chi connectivity index (χ4n) is 2.04. The van der Waals surface area contributed by atoms with Crippen LogP contribution in [0.2, 0.25) is 0 Å². The van der Waals surface area contributed by atoms with Gasteiger partial charge in [-0.1, -0.05) is 0 Å². The van der Waals surface area contributed by atoms with Crippen LogP contribution in [-0.4, -0.2) is 31.4 Å². The number of fused-ring (bicyclic) bond motifs is 1. The van der Waals surface area contributed by atoms with Crippen molar-refractivity contribution in [2.45, 2.75) is 13.3 Å². The number of Topliss-reactive ketones (excluding diaryl/α,β-unsaturated/α-hetero) is 1. The molecule has 0 saturated carbocycles. The lowest BCUT2D eigenvalue weighted by Gasteiger charge is -2.17. The van der Waals surface area contributed by atoms with Gasteiger partial charge in [-0.25, -0.2) is 4.39 Å². The van der Waals surface area contributed by atoms with Gasteiger partial charge in [0.15, 0.2) is 0 Å². The Morgan fingerprint density at radius 3 is 2.79 bits per heavy atom. The highest BCUT2D eigenvalue weighted by atomic mass is 79.9. The summed E-state index contributed by atoms with van der Waals surface area (Å²) < 4.78 is 18.9. The molecule has 19 heavy (non-hydrogen) atoms. The average molecular weight is 330 g/mol. The Bertz CT molecular complexity index is 533. The first kappa shape index (κ1) is 14.1. The third-order valence-corrected chi connectivity index (χ3v) is 3.46. The van der Waals surface area contributed by atoms with Crippen LogP contribution in [0.15, 0.2) is 16.6 Å². The number of nitrogens with zero attached hydrogens (tertiary/aromatic N) is 1. The van der Waals surface area contributed by atoms with E-state index in [1.54, 1.807) is 0 Å². The number of anilines is 1. The lowest BCUT2D eigenvalue weighted by Crippen LogP contribution is -2.31. The zero-order valence-corrected chi connectivity index (χ0v) is 12.0. The Hall–Kier alpha value is -1.27. The Morgan fingerprint density at radius 1 is 1.37 bits per heavy atom. The van der Waals surface area contributed by atoms with Crippen LogP contribution < -0.4 is 4.90 Å². The van der Waals surface area contributed by atoms with E-state index in [2.05, 4.69) is 15.9 Å². The van der Waals surface area contributed by atoms with E-state index in [1.165, 1.54) is 11.0 Å². The Labute approximate surface area is 118 Å². The molecule has 1 aliphatic heterocycles. The predicted molar refractivity (Wildman–Crippen MR) is 71.9 cm³/mol. The van der Waals surface area contributed by atoms with Gasteiger partial charge in [-0.3, -0.25) is 9.59 Å². The minimum Gasteiger partial charge on any atom is -0.382 e. The first-order chi connectivity index (χ1) is 9.06. The monoisotopic (exact) mass is 329 g/mol. The topological polar surface area (TPSA) is 46.6 Å². The number of rotatable bonds is 5. The first-order valence-electron chi connectivity index (χ1n) is 5.99. The number of benzene rings is 1. The molecule has 0 bridgehead atoms. The number of ketones is 1. The fraction of sp³-hybridized carbons (Fsp3) is 0.385. The van der Waals surface area contributed by atoms with Gasteiger partial charge in [0, 0.05) is 24.2 Å². The number of hydrogen-bond donors (Lipinski definition) is 0. The normalized spacial score (nSPS) is 14.2. The number of carbonyl (C=O) groups is 2. The zero-order valence-electron chi connectivity index (χ0n) is 10.4. The predicted octanol–water partition coefficient (Wildman–Crippen LogP) is 2.54. The molecule has 0 aliphatic carbocycles. The van der Waals surface area contributed by atoms with Gasteiger partial charge in [0.2, 0.25) is 0 Å². The van der Waals surface area contributed by atoms with Crippen molar-refractivity contribution < 1.29 is 18.7 Å². The van der Waals surface area contributed by atoms with Crippen LogP contribution in [0.5, 0.6) is 0 Å². The van der Waals surface area contributed by atoms with Crippen LogP contribution in [0.4, 0.5) is 10.1 Å². The number of amides is 1. The third-order valence-electron chi connectivity index (χ3n) is 2.86. The second-order valence-corrected chi connectivity index (χ2v) is 4.97. The Balaban J connectivity index is 2.23.